The average Bonchev–Trinajstić information content (AvgIpc) is 2.32. The van der Waals surface area contributed by atoms with Crippen molar-refractivity contribution < 1.29 is 13.6 Å². The Morgan fingerprint density at radius 1 is 1.50 bits per heavy atom. The number of halogens is 2. The van der Waals surface area contributed by atoms with Crippen molar-refractivity contribution in [3.63, 3.8) is 0 Å². The summed E-state index contributed by atoms with van der Waals surface area (Å²) in [6.45, 7) is 1.66. The molecule has 1 unspecified atom stereocenters. The first-order valence-electron chi connectivity index (χ1n) is 5.27. The summed E-state index contributed by atoms with van der Waals surface area (Å²) in [5.74, 6) is -2.51. The second-order valence-corrected chi connectivity index (χ2v) is 3.98. The fraction of sp³-hybridized carbons (Fsp3) is 0.333. The number of rotatable bonds is 3. The molecule has 1 amide bonds. The Morgan fingerprint density at radius 2 is 2.11 bits per heavy atom. The zero-order chi connectivity index (χ0) is 13.9. The highest BCUT2D eigenvalue weighted by Gasteiger charge is 2.21. The number of nitrogen functional groups attached to an aromatic ring is 1. The Labute approximate surface area is 104 Å². The summed E-state index contributed by atoms with van der Waals surface area (Å²) in [4.78, 5) is 13.2. The zero-order valence-corrected chi connectivity index (χ0v) is 10.1. The molecule has 1 aromatic rings. The van der Waals surface area contributed by atoms with Crippen LogP contribution in [-0.4, -0.2) is 23.9 Å². The van der Waals surface area contributed by atoms with Gasteiger partial charge < -0.3 is 10.6 Å². The van der Waals surface area contributed by atoms with Crippen LogP contribution in [0.3, 0.4) is 0 Å². The van der Waals surface area contributed by atoms with Crippen LogP contribution in [0.1, 0.15) is 23.7 Å². The van der Waals surface area contributed by atoms with Gasteiger partial charge in [0.15, 0.2) is 0 Å². The molecule has 0 saturated heterocycles. The van der Waals surface area contributed by atoms with Crippen molar-refractivity contribution in [2.24, 2.45) is 0 Å². The van der Waals surface area contributed by atoms with Crippen molar-refractivity contribution in [1.82, 2.24) is 4.90 Å². The SMILES string of the molecule is CC(CC#N)N(C)C(=O)c1cc(N)c(F)cc1F. The van der Waals surface area contributed by atoms with Gasteiger partial charge in [0, 0.05) is 19.2 Å². The lowest BCUT2D eigenvalue weighted by atomic mass is 10.1. The van der Waals surface area contributed by atoms with E-state index in [4.69, 9.17) is 11.0 Å². The lowest BCUT2D eigenvalue weighted by Crippen LogP contribution is -2.35. The van der Waals surface area contributed by atoms with Gasteiger partial charge in [0.1, 0.15) is 11.6 Å². The zero-order valence-electron chi connectivity index (χ0n) is 10.1. The van der Waals surface area contributed by atoms with E-state index in [9.17, 15) is 13.6 Å². The third-order valence-corrected chi connectivity index (χ3v) is 2.68. The van der Waals surface area contributed by atoms with Crippen molar-refractivity contribution in [1.29, 1.82) is 5.26 Å². The molecule has 0 aliphatic heterocycles. The van der Waals surface area contributed by atoms with E-state index in [0.29, 0.717) is 6.07 Å². The van der Waals surface area contributed by atoms with Gasteiger partial charge in [-0.2, -0.15) is 5.26 Å². The standard InChI is InChI=1S/C12H13F2N3O/c1-7(3-4-15)17(2)12(18)8-5-11(16)10(14)6-9(8)13/h5-7H,3,16H2,1-2H3. The maximum Gasteiger partial charge on any atom is 0.256 e. The maximum atomic E-state index is 13.5. The van der Waals surface area contributed by atoms with Gasteiger partial charge in [0.05, 0.1) is 23.7 Å². The number of amides is 1. The molecule has 1 rings (SSSR count). The summed E-state index contributed by atoms with van der Waals surface area (Å²) in [6, 6.07) is 3.09. The average molecular weight is 253 g/mol. The largest absolute Gasteiger partial charge is 0.396 e. The molecule has 1 aromatic carbocycles. The summed E-state index contributed by atoms with van der Waals surface area (Å²) >= 11 is 0. The molecular formula is C12H13F2N3O. The molecule has 0 heterocycles. The molecule has 0 fully saturated rings. The normalized spacial score (nSPS) is 11.7. The van der Waals surface area contributed by atoms with E-state index in [1.807, 2.05) is 6.07 Å². The van der Waals surface area contributed by atoms with E-state index in [0.717, 1.165) is 6.07 Å². The molecule has 2 N–H and O–H groups in total. The fourth-order valence-corrected chi connectivity index (χ4v) is 1.39. The minimum atomic E-state index is -0.970. The molecule has 0 aliphatic carbocycles. The molecule has 1 atom stereocenters. The van der Waals surface area contributed by atoms with Crippen molar-refractivity contribution in [2.45, 2.75) is 19.4 Å². The first kappa shape index (κ1) is 13.9. The molecule has 96 valence electrons. The van der Waals surface area contributed by atoms with E-state index < -0.39 is 17.5 Å². The van der Waals surface area contributed by atoms with Gasteiger partial charge in [-0.3, -0.25) is 4.79 Å². The number of nitrogens with zero attached hydrogens (tertiary/aromatic N) is 2. The smallest absolute Gasteiger partial charge is 0.256 e. The van der Waals surface area contributed by atoms with Crippen LogP contribution in [0.5, 0.6) is 0 Å². The number of hydrogen-bond acceptors (Lipinski definition) is 3. The van der Waals surface area contributed by atoms with E-state index in [1.54, 1.807) is 6.92 Å². The van der Waals surface area contributed by atoms with Gasteiger partial charge in [0.25, 0.3) is 5.91 Å². The number of nitriles is 1. The van der Waals surface area contributed by atoms with Crippen LogP contribution < -0.4 is 5.73 Å². The highest BCUT2D eigenvalue weighted by atomic mass is 19.1. The number of nitrogens with two attached hydrogens (primary N) is 1. The lowest BCUT2D eigenvalue weighted by Gasteiger charge is -2.23. The predicted octanol–water partition coefficient (Wildman–Crippen LogP) is 1.92. The molecule has 4 nitrogen and oxygen atoms in total. The van der Waals surface area contributed by atoms with Crippen LogP contribution in [0.2, 0.25) is 0 Å². The van der Waals surface area contributed by atoms with Crippen LogP contribution in [-0.2, 0) is 0 Å². The summed E-state index contributed by atoms with van der Waals surface area (Å²) in [5, 5.41) is 8.54. The van der Waals surface area contributed by atoms with E-state index in [2.05, 4.69) is 0 Å². The van der Waals surface area contributed by atoms with Gasteiger partial charge in [-0.25, -0.2) is 8.78 Å². The molecule has 0 bridgehead atoms. The number of carbonyl (C=O) groups excluding carboxylic acids is 1. The molecule has 0 aromatic heterocycles. The van der Waals surface area contributed by atoms with E-state index >= 15 is 0 Å². The third kappa shape index (κ3) is 2.74. The maximum absolute atomic E-state index is 13.5. The van der Waals surface area contributed by atoms with Crippen molar-refractivity contribution in [3.8, 4) is 6.07 Å². The molecule has 0 radical (unpaired) electrons. The number of hydrogen-bond donors (Lipinski definition) is 1. The highest BCUT2D eigenvalue weighted by molar-refractivity contribution is 5.95. The number of anilines is 1. The monoisotopic (exact) mass is 253 g/mol. The summed E-state index contributed by atoms with van der Waals surface area (Å²) in [7, 11) is 1.45. The predicted molar refractivity (Wildman–Crippen MR) is 62.6 cm³/mol. The van der Waals surface area contributed by atoms with Crippen molar-refractivity contribution >= 4 is 11.6 Å². The molecular weight excluding hydrogens is 240 g/mol. The van der Waals surface area contributed by atoms with Gasteiger partial charge in [-0.05, 0) is 13.0 Å². The quantitative estimate of drug-likeness (QED) is 0.836. The van der Waals surface area contributed by atoms with Crippen molar-refractivity contribution in [2.75, 3.05) is 12.8 Å². The Kier molecular flexibility index (Phi) is 4.21. The molecule has 0 saturated carbocycles. The topological polar surface area (TPSA) is 70.1 Å². The molecule has 0 spiro atoms. The van der Waals surface area contributed by atoms with E-state index in [1.165, 1.54) is 11.9 Å². The Bertz CT molecular complexity index is 511. The van der Waals surface area contributed by atoms with Crippen molar-refractivity contribution in [3.05, 3.63) is 29.3 Å². The highest BCUT2D eigenvalue weighted by Crippen LogP contribution is 2.19. The number of benzene rings is 1. The van der Waals surface area contributed by atoms with Gasteiger partial charge in [-0.1, -0.05) is 0 Å². The fourth-order valence-electron chi connectivity index (χ4n) is 1.39. The Balaban J connectivity index is 3.05. The van der Waals surface area contributed by atoms with Gasteiger partial charge in [0.2, 0.25) is 0 Å². The molecule has 6 heteroatoms. The summed E-state index contributed by atoms with van der Waals surface area (Å²) in [5.41, 5.74) is 4.70. The Hall–Kier alpha value is -2.16. The van der Waals surface area contributed by atoms with Gasteiger partial charge in [-0.15, -0.1) is 0 Å². The minimum absolute atomic E-state index is 0.126. The Morgan fingerprint density at radius 3 is 2.67 bits per heavy atom. The number of carbonyl (C=O) groups is 1. The second kappa shape index (κ2) is 5.45. The first-order chi connectivity index (χ1) is 8.38. The van der Waals surface area contributed by atoms with Gasteiger partial charge >= 0.3 is 0 Å². The summed E-state index contributed by atoms with van der Waals surface area (Å²) < 4.78 is 26.5. The molecule has 0 aliphatic rings. The second-order valence-electron chi connectivity index (χ2n) is 3.98. The first-order valence-corrected chi connectivity index (χ1v) is 5.27. The van der Waals surface area contributed by atoms with Crippen LogP contribution in [0.25, 0.3) is 0 Å². The van der Waals surface area contributed by atoms with Crippen LogP contribution in [0, 0.1) is 23.0 Å². The summed E-state index contributed by atoms with van der Waals surface area (Å²) in [6.07, 6.45) is 0.126. The molecule has 18 heavy (non-hydrogen) atoms. The minimum Gasteiger partial charge on any atom is -0.396 e. The third-order valence-electron chi connectivity index (χ3n) is 2.68. The van der Waals surface area contributed by atoms with Crippen LogP contribution in [0.4, 0.5) is 14.5 Å². The van der Waals surface area contributed by atoms with Crippen LogP contribution in [0.15, 0.2) is 12.1 Å². The lowest BCUT2D eigenvalue weighted by molar-refractivity contribution is 0.0741. The van der Waals surface area contributed by atoms with Crippen LogP contribution >= 0.6 is 0 Å². The van der Waals surface area contributed by atoms with E-state index in [-0.39, 0.29) is 23.7 Å².